The lowest BCUT2D eigenvalue weighted by atomic mass is 10.3. The molecule has 1 rings (SSSR count). The smallest absolute Gasteiger partial charge is 0.166 e. The van der Waals surface area contributed by atoms with Gasteiger partial charge in [0, 0.05) is 5.02 Å². The molecule has 3 heteroatoms. The molecule has 0 bridgehead atoms. The quantitative estimate of drug-likeness (QED) is 0.705. The second-order valence-corrected chi connectivity index (χ2v) is 2.70. The van der Waals surface area contributed by atoms with E-state index in [0.717, 1.165) is 6.42 Å². The first kappa shape index (κ1) is 9.33. The number of benzene rings is 1. The molecule has 0 saturated heterocycles. The van der Waals surface area contributed by atoms with Crippen molar-refractivity contribution in [2.75, 3.05) is 0 Å². The molecule has 1 aromatic rings. The molecule has 0 aromatic heterocycles. The molecule has 0 heterocycles. The van der Waals surface area contributed by atoms with Crippen LogP contribution in [-0.2, 0) is 0 Å². The predicted octanol–water partition coefficient (Wildman–Crippen LogP) is 3.43. The Kier molecular flexibility index (Phi) is 3.35. The van der Waals surface area contributed by atoms with E-state index in [9.17, 15) is 4.39 Å². The van der Waals surface area contributed by atoms with E-state index in [1.807, 2.05) is 6.92 Å². The summed E-state index contributed by atoms with van der Waals surface area (Å²) < 4.78 is 17.9. The Labute approximate surface area is 76.1 Å². The zero-order chi connectivity index (χ0) is 8.97. The van der Waals surface area contributed by atoms with Gasteiger partial charge in [-0.1, -0.05) is 18.5 Å². The van der Waals surface area contributed by atoms with Crippen LogP contribution in [0.4, 0.5) is 4.39 Å². The van der Waals surface area contributed by atoms with Crippen molar-refractivity contribution < 1.29 is 9.13 Å². The first-order valence-electron chi connectivity index (χ1n) is 3.67. The fraction of sp³-hybridized carbons (Fsp3) is 0.222. The third kappa shape index (κ3) is 2.38. The van der Waals surface area contributed by atoms with Crippen LogP contribution < -0.4 is 4.74 Å². The first-order chi connectivity index (χ1) is 5.74. The van der Waals surface area contributed by atoms with Crippen molar-refractivity contribution >= 4 is 11.6 Å². The second-order valence-electron chi connectivity index (χ2n) is 2.27. The van der Waals surface area contributed by atoms with Crippen molar-refractivity contribution in [2.24, 2.45) is 0 Å². The zero-order valence-electron chi connectivity index (χ0n) is 6.68. The first-order valence-corrected chi connectivity index (χ1v) is 4.05. The van der Waals surface area contributed by atoms with E-state index in [4.69, 9.17) is 16.3 Å². The van der Waals surface area contributed by atoms with Gasteiger partial charge in [0.1, 0.15) is 6.61 Å². The summed E-state index contributed by atoms with van der Waals surface area (Å²) in [5, 5.41) is 0.372. The van der Waals surface area contributed by atoms with E-state index >= 15 is 0 Å². The normalized spacial score (nSPS) is 9.92. The molecule has 0 fully saturated rings. The summed E-state index contributed by atoms with van der Waals surface area (Å²) in [5.41, 5.74) is 0. The van der Waals surface area contributed by atoms with Crippen LogP contribution in [0.15, 0.2) is 18.2 Å². The average molecular weight is 188 g/mol. The predicted molar refractivity (Wildman–Crippen MR) is 46.6 cm³/mol. The van der Waals surface area contributed by atoms with E-state index in [1.54, 1.807) is 6.07 Å². The van der Waals surface area contributed by atoms with Gasteiger partial charge in [-0.15, -0.1) is 0 Å². The molecular weight excluding hydrogens is 179 g/mol. The summed E-state index contributed by atoms with van der Waals surface area (Å²) in [5.74, 6) is -0.228. The Morgan fingerprint density at radius 2 is 2.33 bits per heavy atom. The van der Waals surface area contributed by atoms with Gasteiger partial charge in [-0.2, -0.15) is 0 Å². The Morgan fingerprint density at radius 3 is 2.92 bits per heavy atom. The molecule has 1 nitrogen and oxygen atoms in total. The molecule has 0 atom stereocenters. The van der Waals surface area contributed by atoms with Gasteiger partial charge in [-0.3, -0.25) is 0 Å². The molecule has 65 valence electrons. The molecule has 0 aliphatic carbocycles. The van der Waals surface area contributed by atoms with E-state index in [-0.39, 0.29) is 5.75 Å². The van der Waals surface area contributed by atoms with Crippen molar-refractivity contribution in [1.29, 1.82) is 0 Å². The van der Waals surface area contributed by atoms with Crippen LogP contribution in [0.3, 0.4) is 0 Å². The molecule has 12 heavy (non-hydrogen) atoms. The highest BCUT2D eigenvalue weighted by Gasteiger charge is 2.02. The molecule has 0 amide bonds. The Morgan fingerprint density at radius 1 is 1.58 bits per heavy atom. The molecule has 0 aliphatic heterocycles. The summed E-state index contributed by atoms with van der Waals surface area (Å²) in [6.45, 7) is 3.44. The van der Waals surface area contributed by atoms with Gasteiger partial charge in [-0.05, 0) is 24.6 Å². The summed E-state index contributed by atoms with van der Waals surface area (Å²) >= 11 is 5.55. The van der Waals surface area contributed by atoms with Crippen molar-refractivity contribution in [3.8, 4) is 5.75 Å². The van der Waals surface area contributed by atoms with Crippen molar-refractivity contribution in [1.82, 2.24) is 0 Å². The number of hydrogen-bond acceptors (Lipinski definition) is 1. The standard InChI is InChI=1S/C9H9ClFO/c1-2-5-12-9-4-3-7(10)6-8(9)11/h3-6H,2H2,1H3. The van der Waals surface area contributed by atoms with Crippen LogP contribution in [0.2, 0.25) is 5.02 Å². The summed E-state index contributed by atoms with van der Waals surface area (Å²) in [6, 6.07) is 4.31. The van der Waals surface area contributed by atoms with Gasteiger partial charge in [0.2, 0.25) is 0 Å². The lowest BCUT2D eigenvalue weighted by molar-refractivity contribution is 0.373. The zero-order valence-corrected chi connectivity index (χ0v) is 7.44. The highest BCUT2D eigenvalue weighted by atomic mass is 35.5. The lowest BCUT2D eigenvalue weighted by Crippen LogP contribution is -1.91. The van der Waals surface area contributed by atoms with Gasteiger partial charge >= 0.3 is 0 Å². The molecule has 0 unspecified atom stereocenters. The maximum atomic E-state index is 12.9. The topological polar surface area (TPSA) is 9.23 Å². The van der Waals surface area contributed by atoms with Crippen LogP contribution in [0.25, 0.3) is 0 Å². The highest BCUT2D eigenvalue weighted by Crippen LogP contribution is 2.21. The minimum Gasteiger partial charge on any atom is -0.484 e. The maximum absolute atomic E-state index is 12.9. The number of hydrogen-bond donors (Lipinski definition) is 0. The summed E-state index contributed by atoms with van der Waals surface area (Å²) in [6.07, 6.45) is 0.738. The minimum atomic E-state index is -0.438. The third-order valence-electron chi connectivity index (χ3n) is 1.27. The number of rotatable bonds is 3. The maximum Gasteiger partial charge on any atom is 0.166 e. The van der Waals surface area contributed by atoms with Crippen molar-refractivity contribution in [3.63, 3.8) is 0 Å². The Balaban J connectivity index is 2.72. The van der Waals surface area contributed by atoms with Crippen LogP contribution >= 0.6 is 11.6 Å². The molecule has 0 N–H and O–H groups in total. The third-order valence-corrected chi connectivity index (χ3v) is 1.51. The van der Waals surface area contributed by atoms with Crippen molar-refractivity contribution in [2.45, 2.75) is 13.3 Å². The Hall–Kier alpha value is -0.760. The van der Waals surface area contributed by atoms with E-state index in [1.165, 1.54) is 18.7 Å². The minimum absolute atomic E-state index is 0.209. The van der Waals surface area contributed by atoms with Gasteiger partial charge in [0.05, 0.1) is 0 Å². The van der Waals surface area contributed by atoms with Crippen LogP contribution in [-0.4, -0.2) is 0 Å². The monoisotopic (exact) mass is 187 g/mol. The largest absolute Gasteiger partial charge is 0.484 e. The van der Waals surface area contributed by atoms with Crippen LogP contribution in [0.5, 0.6) is 5.75 Å². The van der Waals surface area contributed by atoms with Crippen LogP contribution in [0, 0.1) is 12.4 Å². The van der Waals surface area contributed by atoms with E-state index < -0.39 is 5.82 Å². The Bertz CT molecular complexity index is 263. The lowest BCUT2D eigenvalue weighted by Gasteiger charge is -2.04. The highest BCUT2D eigenvalue weighted by molar-refractivity contribution is 6.30. The SMILES string of the molecule is CC[CH]Oc1ccc(Cl)cc1F. The van der Waals surface area contributed by atoms with Gasteiger partial charge in [0.25, 0.3) is 0 Å². The number of halogens is 2. The average Bonchev–Trinajstić information content (AvgIpc) is 2.03. The second kappa shape index (κ2) is 4.31. The van der Waals surface area contributed by atoms with Gasteiger partial charge in [-0.25, -0.2) is 4.39 Å². The number of ether oxygens (including phenoxy) is 1. The summed E-state index contributed by atoms with van der Waals surface area (Å²) in [4.78, 5) is 0. The fourth-order valence-corrected chi connectivity index (χ4v) is 0.903. The molecule has 1 aromatic carbocycles. The van der Waals surface area contributed by atoms with E-state index in [2.05, 4.69) is 0 Å². The van der Waals surface area contributed by atoms with Gasteiger partial charge < -0.3 is 4.74 Å². The molecule has 0 saturated carbocycles. The van der Waals surface area contributed by atoms with Crippen molar-refractivity contribution in [3.05, 3.63) is 35.6 Å². The summed E-state index contributed by atoms with van der Waals surface area (Å²) in [7, 11) is 0. The molecule has 1 radical (unpaired) electrons. The molecule has 0 aliphatic rings. The van der Waals surface area contributed by atoms with Crippen LogP contribution in [0.1, 0.15) is 13.3 Å². The molecular formula is C9H9ClFO. The molecule has 0 spiro atoms. The van der Waals surface area contributed by atoms with E-state index in [0.29, 0.717) is 5.02 Å². The van der Waals surface area contributed by atoms with Gasteiger partial charge in [0.15, 0.2) is 11.6 Å². The fourth-order valence-electron chi connectivity index (χ4n) is 0.744.